The van der Waals surface area contributed by atoms with Gasteiger partial charge in [0.25, 0.3) is 0 Å². The van der Waals surface area contributed by atoms with E-state index in [1.165, 1.54) is 6.92 Å². The molecule has 0 amide bonds. The standard InChI is InChI=1S/C7H11F3O.V/c1-5(2)11-6(3,4)7(8,9)10;/h1H2,2-4H3;. The summed E-state index contributed by atoms with van der Waals surface area (Å²) in [6.07, 6.45) is -4.36. The first-order valence-corrected chi connectivity index (χ1v) is 3.08. The first kappa shape index (κ1) is 14.4. The maximum Gasteiger partial charge on any atom is 0.427 e. The van der Waals surface area contributed by atoms with Crippen LogP contribution < -0.4 is 0 Å². The van der Waals surface area contributed by atoms with E-state index in [0.717, 1.165) is 13.8 Å². The van der Waals surface area contributed by atoms with Crippen LogP contribution in [0.3, 0.4) is 0 Å². The number of rotatable bonds is 2. The minimum Gasteiger partial charge on any atom is -0.484 e. The van der Waals surface area contributed by atoms with E-state index >= 15 is 0 Å². The number of hydrogen-bond acceptors (Lipinski definition) is 1. The molecule has 0 aliphatic rings. The topological polar surface area (TPSA) is 9.23 Å². The SMILES string of the molecule is C=C(C)OC(C)(C)C(F)(F)F.[V]. The quantitative estimate of drug-likeness (QED) is 0.649. The van der Waals surface area contributed by atoms with Crippen LogP contribution in [0.25, 0.3) is 0 Å². The summed E-state index contributed by atoms with van der Waals surface area (Å²) in [7, 11) is 0. The molecule has 0 spiro atoms. The van der Waals surface area contributed by atoms with Crippen LogP contribution >= 0.6 is 0 Å². The summed E-state index contributed by atoms with van der Waals surface area (Å²) < 4.78 is 40.6. The van der Waals surface area contributed by atoms with Crippen molar-refractivity contribution in [2.75, 3.05) is 0 Å². The van der Waals surface area contributed by atoms with Crippen molar-refractivity contribution in [1.82, 2.24) is 0 Å². The Kier molecular flexibility index (Phi) is 5.10. The molecule has 0 aromatic rings. The molecule has 12 heavy (non-hydrogen) atoms. The summed E-state index contributed by atoms with van der Waals surface area (Å²) in [6.45, 7) is 6.53. The van der Waals surface area contributed by atoms with E-state index in [1.807, 2.05) is 0 Å². The molecular weight excluding hydrogens is 208 g/mol. The molecule has 1 nitrogen and oxygen atoms in total. The van der Waals surface area contributed by atoms with Crippen LogP contribution in [0.1, 0.15) is 20.8 Å². The number of ether oxygens (including phenoxy) is 1. The zero-order valence-electron chi connectivity index (χ0n) is 7.20. The summed E-state index contributed by atoms with van der Waals surface area (Å²) in [6, 6.07) is 0. The Morgan fingerprint density at radius 3 is 1.67 bits per heavy atom. The third-order valence-electron chi connectivity index (χ3n) is 1.11. The fourth-order valence-electron chi connectivity index (χ4n) is 0.493. The van der Waals surface area contributed by atoms with Crippen LogP contribution in [-0.4, -0.2) is 11.8 Å². The average molecular weight is 219 g/mol. The zero-order valence-corrected chi connectivity index (χ0v) is 8.59. The number of allylic oxidation sites excluding steroid dienone is 1. The molecule has 71 valence electrons. The molecule has 0 aliphatic heterocycles. The molecule has 0 saturated carbocycles. The molecule has 0 saturated heterocycles. The molecule has 0 atom stereocenters. The predicted octanol–water partition coefficient (Wildman–Crippen LogP) is 2.88. The fraction of sp³-hybridized carbons (Fsp3) is 0.714. The molecule has 0 aromatic carbocycles. The summed E-state index contributed by atoms with van der Waals surface area (Å²) in [5.74, 6) is 0.0623. The molecule has 0 rings (SSSR count). The molecule has 0 heterocycles. The Balaban J connectivity index is 0. The van der Waals surface area contributed by atoms with Gasteiger partial charge in [0.05, 0.1) is 5.76 Å². The van der Waals surface area contributed by atoms with E-state index in [9.17, 15) is 13.2 Å². The van der Waals surface area contributed by atoms with Gasteiger partial charge in [-0.05, 0) is 20.8 Å². The van der Waals surface area contributed by atoms with E-state index in [1.54, 1.807) is 0 Å². The van der Waals surface area contributed by atoms with Crippen molar-refractivity contribution < 1.29 is 36.5 Å². The summed E-state index contributed by atoms with van der Waals surface area (Å²) in [5.41, 5.74) is -2.14. The minimum absolute atomic E-state index is 0. The average Bonchev–Trinajstić information content (AvgIpc) is 1.56. The summed E-state index contributed by atoms with van der Waals surface area (Å²) >= 11 is 0. The second-order valence-electron chi connectivity index (χ2n) is 2.81. The number of alkyl halides is 3. The Morgan fingerprint density at radius 1 is 1.25 bits per heavy atom. The maximum absolute atomic E-state index is 12.0. The zero-order chi connectivity index (χ0) is 9.28. The second kappa shape index (κ2) is 4.24. The van der Waals surface area contributed by atoms with Crippen molar-refractivity contribution in [3.05, 3.63) is 12.3 Å². The van der Waals surface area contributed by atoms with Gasteiger partial charge in [-0.15, -0.1) is 0 Å². The normalized spacial score (nSPS) is 11.8. The van der Waals surface area contributed by atoms with Gasteiger partial charge in [0.1, 0.15) is 0 Å². The predicted molar refractivity (Wildman–Crippen MR) is 36.0 cm³/mol. The van der Waals surface area contributed by atoms with E-state index in [2.05, 4.69) is 11.3 Å². The third-order valence-corrected chi connectivity index (χ3v) is 1.11. The Bertz CT molecular complexity index is 163. The largest absolute Gasteiger partial charge is 0.484 e. The van der Waals surface area contributed by atoms with Crippen molar-refractivity contribution in [3.63, 3.8) is 0 Å². The van der Waals surface area contributed by atoms with Gasteiger partial charge in [-0.25, -0.2) is 0 Å². The van der Waals surface area contributed by atoms with E-state index in [0.29, 0.717) is 0 Å². The molecule has 0 bridgehead atoms. The van der Waals surface area contributed by atoms with Crippen LogP contribution in [0, 0.1) is 0 Å². The summed E-state index contributed by atoms with van der Waals surface area (Å²) in [4.78, 5) is 0. The Labute approximate surface area is 81.9 Å². The van der Waals surface area contributed by atoms with Crippen LogP contribution in [0.5, 0.6) is 0 Å². The Hall–Kier alpha value is -0.0856. The van der Waals surface area contributed by atoms with Crippen molar-refractivity contribution in [3.8, 4) is 0 Å². The van der Waals surface area contributed by atoms with Crippen LogP contribution in [-0.2, 0) is 23.3 Å². The molecule has 5 heteroatoms. The van der Waals surface area contributed by atoms with Gasteiger partial charge in [0.15, 0.2) is 5.60 Å². The molecule has 1 radical (unpaired) electrons. The number of halogens is 3. The van der Waals surface area contributed by atoms with Gasteiger partial charge in [0, 0.05) is 18.6 Å². The van der Waals surface area contributed by atoms with Crippen molar-refractivity contribution >= 4 is 0 Å². The first-order chi connectivity index (χ1) is 4.67. The molecule has 0 aliphatic carbocycles. The van der Waals surface area contributed by atoms with Gasteiger partial charge in [0.2, 0.25) is 0 Å². The van der Waals surface area contributed by atoms with Gasteiger partial charge < -0.3 is 4.74 Å². The maximum atomic E-state index is 12.0. The molecule has 0 unspecified atom stereocenters. The van der Waals surface area contributed by atoms with Gasteiger partial charge in [-0.3, -0.25) is 0 Å². The molecule has 0 N–H and O–H groups in total. The van der Waals surface area contributed by atoms with Crippen molar-refractivity contribution in [2.45, 2.75) is 32.5 Å². The smallest absolute Gasteiger partial charge is 0.427 e. The van der Waals surface area contributed by atoms with Gasteiger partial charge in [-0.2, -0.15) is 13.2 Å². The third kappa shape index (κ3) is 4.07. The molecular formula is C7H11F3OV. The summed E-state index contributed by atoms with van der Waals surface area (Å²) in [5, 5.41) is 0. The monoisotopic (exact) mass is 219 g/mol. The first-order valence-electron chi connectivity index (χ1n) is 3.08. The van der Waals surface area contributed by atoms with Gasteiger partial charge >= 0.3 is 6.18 Å². The van der Waals surface area contributed by atoms with Gasteiger partial charge in [-0.1, -0.05) is 6.58 Å². The van der Waals surface area contributed by atoms with E-state index in [-0.39, 0.29) is 24.3 Å². The fourth-order valence-corrected chi connectivity index (χ4v) is 0.493. The van der Waals surface area contributed by atoms with Crippen molar-refractivity contribution in [2.24, 2.45) is 0 Å². The second-order valence-corrected chi connectivity index (χ2v) is 2.81. The Morgan fingerprint density at radius 2 is 1.58 bits per heavy atom. The van der Waals surface area contributed by atoms with E-state index in [4.69, 9.17) is 0 Å². The van der Waals surface area contributed by atoms with Crippen molar-refractivity contribution in [1.29, 1.82) is 0 Å². The minimum atomic E-state index is -4.36. The molecule has 0 fully saturated rings. The van der Waals surface area contributed by atoms with Crippen LogP contribution in [0.2, 0.25) is 0 Å². The van der Waals surface area contributed by atoms with Crippen LogP contribution in [0.4, 0.5) is 13.2 Å². The molecule has 0 aromatic heterocycles. The van der Waals surface area contributed by atoms with Crippen LogP contribution in [0.15, 0.2) is 12.3 Å². The van der Waals surface area contributed by atoms with E-state index < -0.39 is 11.8 Å². The number of hydrogen-bond donors (Lipinski definition) is 0.